The summed E-state index contributed by atoms with van der Waals surface area (Å²) in [6, 6.07) is 13.1. The third kappa shape index (κ3) is 1.71. The standard InChI is InChI=1S/C17H19N/c1-3-12-9-10-17-15(14(12)4-2)11-13-7-5-6-8-16(13)18-17/h5-10,18H,3-4,11H2,1-2H3. The van der Waals surface area contributed by atoms with E-state index in [1.54, 1.807) is 0 Å². The Kier molecular flexibility index (Phi) is 2.83. The molecule has 0 radical (unpaired) electrons. The molecule has 0 aliphatic carbocycles. The molecule has 1 heterocycles. The highest BCUT2D eigenvalue weighted by atomic mass is 14.9. The minimum Gasteiger partial charge on any atom is -0.355 e. The van der Waals surface area contributed by atoms with Crippen LogP contribution < -0.4 is 5.32 Å². The van der Waals surface area contributed by atoms with Crippen molar-refractivity contribution in [2.24, 2.45) is 0 Å². The van der Waals surface area contributed by atoms with Crippen LogP contribution in [0.4, 0.5) is 11.4 Å². The SMILES string of the molecule is CCc1ccc2c(c1CC)Cc1ccccc1N2. The minimum absolute atomic E-state index is 1.06. The first-order valence-corrected chi connectivity index (χ1v) is 6.82. The van der Waals surface area contributed by atoms with Crippen LogP contribution in [0.5, 0.6) is 0 Å². The van der Waals surface area contributed by atoms with E-state index in [1.807, 2.05) is 0 Å². The second kappa shape index (κ2) is 4.49. The maximum absolute atomic E-state index is 3.57. The summed E-state index contributed by atoms with van der Waals surface area (Å²) in [6.45, 7) is 4.50. The molecule has 0 spiro atoms. The van der Waals surface area contributed by atoms with E-state index in [0.29, 0.717) is 0 Å². The molecule has 2 aromatic carbocycles. The Morgan fingerprint density at radius 2 is 1.78 bits per heavy atom. The van der Waals surface area contributed by atoms with Gasteiger partial charge in [-0.05, 0) is 47.2 Å². The molecule has 0 unspecified atom stereocenters. The van der Waals surface area contributed by atoms with Crippen molar-refractivity contribution in [1.82, 2.24) is 0 Å². The highest BCUT2D eigenvalue weighted by Gasteiger charge is 2.18. The number of hydrogen-bond acceptors (Lipinski definition) is 1. The summed E-state index contributed by atoms with van der Waals surface area (Å²) in [4.78, 5) is 0. The monoisotopic (exact) mass is 237 g/mol. The lowest BCUT2D eigenvalue weighted by Gasteiger charge is -2.25. The summed E-state index contributed by atoms with van der Waals surface area (Å²) in [5, 5.41) is 3.57. The third-order valence-electron chi connectivity index (χ3n) is 3.92. The molecule has 0 amide bonds. The first-order valence-electron chi connectivity index (χ1n) is 6.82. The highest BCUT2D eigenvalue weighted by molar-refractivity contribution is 5.73. The zero-order valence-electron chi connectivity index (χ0n) is 11.1. The van der Waals surface area contributed by atoms with Gasteiger partial charge in [-0.3, -0.25) is 0 Å². The van der Waals surface area contributed by atoms with Crippen molar-refractivity contribution < 1.29 is 0 Å². The van der Waals surface area contributed by atoms with Crippen LogP contribution >= 0.6 is 0 Å². The van der Waals surface area contributed by atoms with Gasteiger partial charge >= 0.3 is 0 Å². The Labute approximate surface area is 109 Å². The summed E-state index contributed by atoms with van der Waals surface area (Å²) in [5.41, 5.74) is 8.50. The van der Waals surface area contributed by atoms with Crippen LogP contribution in [-0.2, 0) is 19.3 Å². The van der Waals surface area contributed by atoms with E-state index in [1.165, 1.54) is 33.6 Å². The Balaban J connectivity index is 2.13. The fourth-order valence-electron chi connectivity index (χ4n) is 2.96. The molecule has 0 saturated heterocycles. The van der Waals surface area contributed by atoms with Gasteiger partial charge in [0.1, 0.15) is 0 Å². The molecule has 3 rings (SSSR count). The van der Waals surface area contributed by atoms with E-state index >= 15 is 0 Å². The molecule has 0 bridgehead atoms. The summed E-state index contributed by atoms with van der Waals surface area (Å²) in [5.74, 6) is 0. The van der Waals surface area contributed by atoms with E-state index in [0.717, 1.165) is 19.3 Å². The molecule has 0 aromatic heterocycles. The fraction of sp³-hybridized carbons (Fsp3) is 0.294. The van der Waals surface area contributed by atoms with E-state index in [-0.39, 0.29) is 0 Å². The van der Waals surface area contributed by atoms with Gasteiger partial charge in [0, 0.05) is 17.8 Å². The molecule has 0 fully saturated rings. The van der Waals surface area contributed by atoms with E-state index in [9.17, 15) is 0 Å². The van der Waals surface area contributed by atoms with E-state index < -0.39 is 0 Å². The summed E-state index contributed by atoms with van der Waals surface area (Å²) >= 11 is 0. The van der Waals surface area contributed by atoms with E-state index in [2.05, 4.69) is 55.6 Å². The van der Waals surface area contributed by atoms with Gasteiger partial charge < -0.3 is 5.32 Å². The van der Waals surface area contributed by atoms with Crippen LogP contribution in [0, 0.1) is 0 Å². The Hall–Kier alpha value is -1.76. The van der Waals surface area contributed by atoms with Crippen LogP contribution in [0.2, 0.25) is 0 Å². The number of hydrogen-bond donors (Lipinski definition) is 1. The number of anilines is 2. The first kappa shape index (κ1) is 11.3. The lowest BCUT2D eigenvalue weighted by Crippen LogP contribution is -2.10. The summed E-state index contributed by atoms with van der Waals surface area (Å²) < 4.78 is 0. The molecular weight excluding hydrogens is 218 g/mol. The highest BCUT2D eigenvalue weighted by Crippen LogP contribution is 2.36. The molecule has 0 saturated carbocycles. The smallest absolute Gasteiger partial charge is 0.0423 e. The second-order valence-electron chi connectivity index (χ2n) is 4.90. The van der Waals surface area contributed by atoms with Crippen molar-refractivity contribution in [2.75, 3.05) is 5.32 Å². The maximum atomic E-state index is 3.57. The average Bonchev–Trinajstić information content (AvgIpc) is 2.43. The number of benzene rings is 2. The minimum atomic E-state index is 1.06. The van der Waals surface area contributed by atoms with Gasteiger partial charge in [0.2, 0.25) is 0 Å². The molecule has 92 valence electrons. The molecular formula is C17H19N. The first-order chi connectivity index (χ1) is 8.83. The maximum Gasteiger partial charge on any atom is 0.0423 e. The molecule has 1 nitrogen and oxygen atoms in total. The predicted molar refractivity (Wildman–Crippen MR) is 77.7 cm³/mol. The molecule has 2 aromatic rings. The van der Waals surface area contributed by atoms with Gasteiger partial charge in [-0.25, -0.2) is 0 Å². The van der Waals surface area contributed by atoms with Crippen LogP contribution in [0.15, 0.2) is 36.4 Å². The van der Waals surface area contributed by atoms with Gasteiger partial charge in [-0.15, -0.1) is 0 Å². The number of para-hydroxylation sites is 1. The molecule has 18 heavy (non-hydrogen) atoms. The predicted octanol–water partition coefficient (Wildman–Crippen LogP) is 4.46. The van der Waals surface area contributed by atoms with Crippen molar-refractivity contribution in [1.29, 1.82) is 0 Å². The molecule has 1 aliphatic heterocycles. The van der Waals surface area contributed by atoms with Gasteiger partial charge in [0.25, 0.3) is 0 Å². The van der Waals surface area contributed by atoms with Crippen LogP contribution in [-0.4, -0.2) is 0 Å². The topological polar surface area (TPSA) is 12.0 Å². The largest absolute Gasteiger partial charge is 0.355 e. The van der Waals surface area contributed by atoms with Gasteiger partial charge in [0.15, 0.2) is 0 Å². The van der Waals surface area contributed by atoms with Crippen molar-refractivity contribution in [3.63, 3.8) is 0 Å². The molecule has 1 aliphatic rings. The Morgan fingerprint density at radius 1 is 0.944 bits per heavy atom. The summed E-state index contributed by atoms with van der Waals surface area (Å²) in [7, 11) is 0. The lowest BCUT2D eigenvalue weighted by molar-refractivity contribution is 0.989. The van der Waals surface area contributed by atoms with Gasteiger partial charge in [-0.2, -0.15) is 0 Å². The van der Waals surface area contributed by atoms with Crippen LogP contribution in [0.25, 0.3) is 0 Å². The fourth-order valence-corrected chi connectivity index (χ4v) is 2.96. The molecule has 0 atom stereocenters. The lowest BCUT2D eigenvalue weighted by atomic mass is 9.89. The molecule has 1 heteroatoms. The quantitative estimate of drug-likeness (QED) is 0.694. The van der Waals surface area contributed by atoms with Crippen LogP contribution in [0.1, 0.15) is 36.1 Å². The number of aryl methyl sites for hydroxylation is 1. The zero-order valence-corrected chi connectivity index (χ0v) is 11.1. The Morgan fingerprint density at radius 3 is 2.56 bits per heavy atom. The summed E-state index contributed by atoms with van der Waals surface area (Å²) in [6.07, 6.45) is 3.31. The van der Waals surface area contributed by atoms with Gasteiger partial charge in [0.05, 0.1) is 0 Å². The number of nitrogens with one attached hydrogen (secondary N) is 1. The van der Waals surface area contributed by atoms with Crippen molar-refractivity contribution >= 4 is 11.4 Å². The Bertz CT molecular complexity index is 584. The average molecular weight is 237 g/mol. The normalized spacial score (nSPS) is 12.6. The molecule has 1 N–H and O–H groups in total. The number of rotatable bonds is 2. The van der Waals surface area contributed by atoms with E-state index in [4.69, 9.17) is 0 Å². The van der Waals surface area contributed by atoms with Gasteiger partial charge in [-0.1, -0.05) is 38.1 Å². The third-order valence-corrected chi connectivity index (χ3v) is 3.92. The van der Waals surface area contributed by atoms with Crippen LogP contribution in [0.3, 0.4) is 0 Å². The second-order valence-corrected chi connectivity index (χ2v) is 4.90. The number of fused-ring (bicyclic) bond motifs is 2. The van der Waals surface area contributed by atoms with Crippen molar-refractivity contribution in [2.45, 2.75) is 33.1 Å². The van der Waals surface area contributed by atoms with Crippen molar-refractivity contribution in [3.05, 3.63) is 58.7 Å². The van der Waals surface area contributed by atoms with Crippen molar-refractivity contribution in [3.8, 4) is 0 Å². The zero-order chi connectivity index (χ0) is 12.5.